The SMILES string of the molecule is CCN(CC)c1ccc(NC(=O)CNC(=O)Cc2c[nH]c3ccccc23)c(C)c1. The maximum atomic E-state index is 12.3. The molecular weight excluding hydrogens is 364 g/mol. The van der Waals surface area contributed by atoms with Gasteiger partial charge in [0, 0.05) is 41.6 Å². The minimum absolute atomic E-state index is 0.0571. The first-order valence-electron chi connectivity index (χ1n) is 9.99. The maximum absolute atomic E-state index is 12.3. The van der Waals surface area contributed by atoms with Gasteiger partial charge < -0.3 is 20.5 Å². The van der Waals surface area contributed by atoms with Crippen LogP contribution in [0.3, 0.4) is 0 Å². The lowest BCUT2D eigenvalue weighted by Gasteiger charge is -2.22. The number of nitrogens with zero attached hydrogens (tertiary/aromatic N) is 1. The van der Waals surface area contributed by atoms with E-state index in [1.54, 1.807) is 0 Å². The molecule has 2 amide bonds. The number of fused-ring (bicyclic) bond motifs is 1. The Morgan fingerprint density at radius 1 is 1.03 bits per heavy atom. The Morgan fingerprint density at radius 3 is 2.52 bits per heavy atom. The number of H-pyrrole nitrogens is 1. The fourth-order valence-electron chi connectivity index (χ4n) is 3.46. The number of nitrogens with one attached hydrogen (secondary N) is 3. The average Bonchev–Trinajstić information content (AvgIpc) is 3.12. The highest BCUT2D eigenvalue weighted by Crippen LogP contribution is 2.22. The smallest absolute Gasteiger partial charge is 0.243 e. The molecule has 6 heteroatoms. The van der Waals surface area contributed by atoms with Crippen LogP contribution >= 0.6 is 0 Å². The number of carbonyl (C=O) groups is 2. The van der Waals surface area contributed by atoms with Gasteiger partial charge in [-0.1, -0.05) is 18.2 Å². The molecule has 29 heavy (non-hydrogen) atoms. The summed E-state index contributed by atoms with van der Waals surface area (Å²) in [6, 6.07) is 13.8. The molecule has 3 rings (SSSR count). The largest absolute Gasteiger partial charge is 0.372 e. The average molecular weight is 393 g/mol. The molecule has 0 bridgehead atoms. The first kappa shape index (κ1) is 20.5. The van der Waals surface area contributed by atoms with Gasteiger partial charge in [0.25, 0.3) is 0 Å². The van der Waals surface area contributed by atoms with Gasteiger partial charge in [-0.25, -0.2) is 0 Å². The van der Waals surface area contributed by atoms with E-state index < -0.39 is 0 Å². The van der Waals surface area contributed by atoms with Crippen LogP contribution in [-0.4, -0.2) is 36.4 Å². The fraction of sp³-hybridized carbons (Fsp3) is 0.304. The first-order chi connectivity index (χ1) is 14.0. The number of aromatic amines is 1. The van der Waals surface area contributed by atoms with Gasteiger partial charge in [0.2, 0.25) is 11.8 Å². The first-order valence-corrected chi connectivity index (χ1v) is 9.99. The van der Waals surface area contributed by atoms with Gasteiger partial charge in [-0.15, -0.1) is 0 Å². The van der Waals surface area contributed by atoms with Crippen molar-refractivity contribution in [1.82, 2.24) is 10.3 Å². The van der Waals surface area contributed by atoms with Crippen molar-refractivity contribution in [2.75, 3.05) is 29.9 Å². The van der Waals surface area contributed by atoms with Gasteiger partial charge in [-0.2, -0.15) is 0 Å². The molecule has 0 aliphatic rings. The van der Waals surface area contributed by atoms with E-state index in [9.17, 15) is 9.59 Å². The number of aromatic nitrogens is 1. The summed E-state index contributed by atoms with van der Waals surface area (Å²) in [4.78, 5) is 29.9. The second-order valence-electron chi connectivity index (χ2n) is 7.03. The highest BCUT2D eigenvalue weighted by molar-refractivity contribution is 5.96. The van der Waals surface area contributed by atoms with Gasteiger partial charge >= 0.3 is 0 Å². The predicted molar refractivity (Wildman–Crippen MR) is 118 cm³/mol. The van der Waals surface area contributed by atoms with E-state index in [0.29, 0.717) is 0 Å². The molecule has 1 aromatic heterocycles. The summed E-state index contributed by atoms with van der Waals surface area (Å²) in [7, 11) is 0. The second kappa shape index (κ2) is 9.28. The second-order valence-corrected chi connectivity index (χ2v) is 7.03. The molecule has 1 heterocycles. The Balaban J connectivity index is 1.53. The number of benzene rings is 2. The van der Waals surface area contributed by atoms with Crippen LogP contribution in [0.1, 0.15) is 25.0 Å². The molecule has 0 aliphatic carbocycles. The highest BCUT2D eigenvalue weighted by Gasteiger charge is 2.11. The van der Waals surface area contributed by atoms with Crippen molar-refractivity contribution in [3.63, 3.8) is 0 Å². The van der Waals surface area contributed by atoms with Crippen LogP contribution < -0.4 is 15.5 Å². The Labute approximate surface area is 171 Å². The molecule has 0 fully saturated rings. The molecule has 0 saturated heterocycles. The quantitative estimate of drug-likeness (QED) is 0.548. The zero-order valence-electron chi connectivity index (χ0n) is 17.2. The Bertz CT molecular complexity index is 1010. The third kappa shape index (κ3) is 4.96. The maximum Gasteiger partial charge on any atom is 0.243 e. The molecule has 3 aromatic rings. The van der Waals surface area contributed by atoms with Gasteiger partial charge in [0.1, 0.15) is 0 Å². The van der Waals surface area contributed by atoms with Gasteiger partial charge in [0.05, 0.1) is 13.0 Å². The summed E-state index contributed by atoms with van der Waals surface area (Å²) < 4.78 is 0. The number of carbonyl (C=O) groups excluding carboxylic acids is 2. The zero-order chi connectivity index (χ0) is 20.8. The van der Waals surface area contributed by atoms with Crippen molar-refractivity contribution < 1.29 is 9.59 Å². The number of para-hydroxylation sites is 1. The minimum Gasteiger partial charge on any atom is -0.372 e. The Kier molecular flexibility index (Phi) is 6.54. The Hall–Kier alpha value is -3.28. The summed E-state index contributed by atoms with van der Waals surface area (Å²) in [5, 5.41) is 6.60. The molecule has 0 spiro atoms. The van der Waals surface area contributed by atoms with Crippen LogP contribution in [0.25, 0.3) is 10.9 Å². The van der Waals surface area contributed by atoms with Gasteiger partial charge in [-0.05, 0) is 56.2 Å². The lowest BCUT2D eigenvalue weighted by Crippen LogP contribution is -2.33. The molecule has 0 aliphatic heterocycles. The van der Waals surface area contributed by atoms with Crippen molar-refractivity contribution in [2.24, 2.45) is 0 Å². The van der Waals surface area contributed by atoms with Gasteiger partial charge in [-0.3, -0.25) is 9.59 Å². The third-order valence-electron chi connectivity index (χ3n) is 5.08. The van der Waals surface area contributed by atoms with E-state index in [0.717, 1.165) is 46.5 Å². The summed E-state index contributed by atoms with van der Waals surface area (Å²) in [6.07, 6.45) is 2.07. The molecule has 152 valence electrons. The third-order valence-corrected chi connectivity index (χ3v) is 5.08. The van der Waals surface area contributed by atoms with Crippen molar-refractivity contribution in [1.29, 1.82) is 0 Å². The molecule has 2 aromatic carbocycles. The Morgan fingerprint density at radius 2 is 1.79 bits per heavy atom. The lowest BCUT2D eigenvalue weighted by molar-refractivity contribution is -0.123. The lowest BCUT2D eigenvalue weighted by atomic mass is 10.1. The highest BCUT2D eigenvalue weighted by atomic mass is 16.2. The zero-order valence-corrected chi connectivity index (χ0v) is 17.2. The van der Waals surface area contributed by atoms with Crippen molar-refractivity contribution >= 4 is 34.1 Å². The van der Waals surface area contributed by atoms with Crippen LogP contribution in [0.5, 0.6) is 0 Å². The minimum atomic E-state index is -0.240. The number of anilines is 2. The predicted octanol–water partition coefficient (Wildman–Crippen LogP) is 3.62. The van der Waals surface area contributed by atoms with Crippen LogP contribution in [0.15, 0.2) is 48.7 Å². The van der Waals surface area contributed by atoms with E-state index in [4.69, 9.17) is 0 Å². The van der Waals surface area contributed by atoms with Crippen molar-refractivity contribution in [3.8, 4) is 0 Å². The number of amides is 2. The summed E-state index contributed by atoms with van der Waals surface area (Å²) >= 11 is 0. The van der Waals surface area contributed by atoms with E-state index in [-0.39, 0.29) is 24.8 Å². The monoisotopic (exact) mass is 392 g/mol. The number of aryl methyl sites for hydroxylation is 1. The molecule has 3 N–H and O–H groups in total. The summed E-state index contributed by atoms with van der Waals surface area (Å²) in [6.45, 7) is 8.02. The normalized spacial score (nSPS) is 10.7. The van der Waals surface area contributed by atoms with E-state index >= 15 is 0 Å². The van der Waals surface area contributed by atoms with Crippen molar-refractivity contribution in [3.05, 3.63) is 59.8 Å². The van der Waals surface area contributed by atoms with E-state index in [1.807, 2.05) is 49.5 Å². The van der Waals surface area contributed by atoms with E-state index in [1.165, 1.54) is 0 Å². The summed E-state index contributed by atoms with van der Waals surface area (Å²) in [5.74, 6) is -0.422. The van der Waals surface area contributed by atoms with Gasteiger partial charge in [0.15, 0.2) is 0 Å². The standard InChI is InChI=1S/C23H28N4O2/c1-4-27(5-2)18-10-11-20(16(3)12-18)26-23(29)15-25-22(28)13-17-14-24-21-9-7-6-8-19(17)21/h6-12,14,24H,4-5,13,15H2,1-3H3,(H,25,28)(H,26,29). The number of hydrogen-bond donors (Lipinski definition) is 3. The topological polar surface area (TPSA) is 77.2 Å². The molecule has 0 atom stereocenters. The number of rotatable bonds is 8. The fourth-order valence-corrected chi connectivity index (χ4v) is 3.46. The van der Waals surface area contributed by atoms with E-state index in [2.05, 4.69) is 40.4 Å². The molecule has 0 radical (unpaired) electrons. The molecule has 6 nitrogen and oxygen atoms in total. The van der Waals surface area contributed by atoms with Crippen LogP contribution in [0, 0.1) is 6.92 Å². The number of hydrogen-bond acceptors (Lipinski definition) is 3. The molecule has 0 saturated carbocycles. The summed E-state index contributed by atoms with van der Waals surface area (Å²) in [5.41, 5.74) is 4.81. The van der Waals surface area contributed by atoms with Crippen molar-refractivity contribution in [2.45, 2.75) is 27.2 Å². The van der Waals surface area contributed by atoms with Crippen LogP contribution in [0.2, 0.25) is 0 Å². The van der Waals surface area contributed by atoms with Crippen LogP contribution in [0.4, 0.5) is 11.4 Å². The van der Waals surface area contributed by atoms with Crippen LogP contribution in [-0.2, 0) is 16.0 Å². The molecular formula is C23H28N4O2. The molecule has 0 unspecified atom stereocenters.